The molecule has 0 radical (unpaired) electrons. The number of aliphatic hydroxyl groups is 1. The van der Waals surface area contributed by atoms with Crippen LogP contribution in [0.5, 0.6) is 0 Å². The molecular formula is C17H22N2O. The van der Waals surface area contributed by atoms with E-state index in [1.54, 1.807) is 0 Å². The van der Waals surface area contributed by atoms with Crippen molar-refractivity contribution in [2.24, 2.45) is 0 Å². The SMILES string of the molecule is Cc1c(N)ccc(C(O)c2ccc(N)c(C)c2C)c1C. The largest absolute Gasteiger partial charge is 0.399 e. The van der Waals surface area contributed by atoms with Crippen LogP contribution >= 0.6 is 0 Å². The van der Waals surface area contributed by atoms with E-state index in [2.05, 4.69) is 0 Å². The van der Waals surface area contributed by atoms with Crippen LogP contribution < -0.4 is 11.5 Å². The summed E-state index contributed by atoms with van der Waals surface area (Å²) in [5.41, 5.74) is 19.2. The van der Waals surface area contributed by atoms with Crippen molar-refractivity contribution in [2.45, 2.75) is 33.8 Å². The Hall–Kier alpha value is -2.00. The fraction of sp³-hybridized carbons (Fsp3) is 0.294. The fourth-order valence-electron chi connectivity index (χ4n) is 2.49. The molecule has 0 spiro atoms. The highest BCUT2D eigenvalue weighted by molar-refractivity contribution is 5.57. The number of nitrogen functional groups attached to an aromatic ring is 2. The molecule has 0 saturated carbocycles. The van der Waals surface area contributed by atoms with Gasteiger partial charge in [0.2, 0.25) is 0 Å². The fourth-order valence-corrected chi connectivity index (χ4v) is 2.49. The third-order valence-electron chi connectivity index (χ3n) is 4.33. The number of rotatable bonds is 2. The predicted molar refractivity (Wildman–Crippen MR) is 84.7 cm³/mol. The first kappa shape index (κ1) is 14.4. The van der Waals surface area contributed by atoms with Crippen LogP contribution in [-0.4, -0.2) is 5.11 Å². The molecule has 0 bridgehead atoms. The van der Waals surface area contributed by atoms with Crippen LogP contribution in [0.15, 0.2) is 24.3 Å². The average Bonchev–Trinajstić information content (AvgIpc) is 2.42. The van der Waals surface area contributed by atoms with Crippen molar-refractivity contribution in [3.63, 3.8) is 0 Å². The topological polar surface area (TPSA) is 72.3 Å². The van der Waals surface area contributed by atoms with Gasteiger partial charge >= 0.3 is 0 Å². The molecule has 2 aromatic rings. The first-order chi connectivity index (χ1) is 9.34. The van der Waals surface area contributed by atoms with Gasteiger partial charge in [0.1, 0.15) is 6.10 Å². The van der Waals surface area contributed by atoms with E-state index in [9.17, 15) is 5.11 Å². The molecule has 20 heavy (non-hydrogen) atoms. The van der Waals surface area contributed by atoms with E-state index in [0.29, 0.717) is 0 Å². The van der Waals surface area contributed by atoms with E-state index in [1.165, 1.54) is 0 Å². The second-order valence-electron chi connectivity index (χ2n) is 5.39. The zero-order valence-corrected chi connectivity index (χ0v) is 12.5. The van der Waals surface area contributed by atoms with Gasteiger partial charge in [-0.05, 0) is 73.2 Å². The highest BCUT2D eigenvalue weighted by Crippen LogP contribution is 2.32. The van der Waals surface area contributed by atoms with Crippen molar-refractivity contribution in [3.8, 4) is 0 Å². The Morgan fingerprint density at radius 1 is 0.700 bits per heavy atom. The number of aliphatic hydroxyl groups excluding tert-OH is 1. The zero-order valence-electron chi connectivity index (χ0n) is 12.5. The molecule has 0 saturated heterocycles. The molecule has 0 aliphatic heterocycles. The highest BCUT2D eigenvalue weighted by Gasteiger charge is 2.18. The lowest BCUT2D eigenvalue weighted by molar-refractivity contribution is 0.218. The monoisotopic (exact) mass is 270 g/mol. The Bertz CT molecular complexity index is 605. The van der Waals surface area contributed by atoms with E-state index < -0.39 is 6.10 Å². The molecule has 0 aliphatic rings. The van der Waals surface area contributed by atoms with Crippen LogP contribution in [0.25, 0.3) is 0 Å². The van der Waals surface area contributed by atoms with Crippen LogP contribution in [-0.2, 0) is 0 Å². The Morgan fingerprint density at radius 2 is 1.05 bits per heavy atom. The van der Waals surface area contributed by atoms with Gasteiger partial charge in [-0.1, -0.05) is 12.1 Å². The lowest BCUT2D eigenvalue weighted by Gasteiger charge is -2.20. The summed E-state index contributed by atoms with van der Waals surface area (Å²) in [6.07, 6.45) is -0.659. The molecule has 2 aromatic carbocycles. The maximum Gasteiger partial charge on any atom is 0.105 e. The number of anilines is 2. The number of hydrogen-bond donors (Lipinski definition) is 3. The number of benzene rings is 2. The van der Waals surface area contributed by atoms with Crippen LogP contribution in [0.2, 0.25) is 0 Å². The van der Waals surface area contributed by atoms with Gasteiger partial charge in [0.05, 0.1) is 0 Å². The van der Waals surface area contributed by atoms with Gasteiger partial charge in [0, 0.05) is 11.4 Å². The predicted octanol–water partition coefficient (Wildman–Crippen LogP) is 3.17. The number of nitrogens with two attached hydrogens (primary N) is 2. The van der Waals surface area contributed by atoms with Gasteiger partial charge in [-0.25, -0.2) is 0 Å². The Labute approximate surface area is 120 Å². The van der Waals surface area contributed by atoms with E-state index in [-0.39, 0.29) is 0 Å². The van der Waals surface area contributed by atoms with Gasteiger partial charge in [-0.3, -0.25) is 0 Å². The minimum Gasteiger partial charge on any atom is -0.399 e. The molecule has 3 heteroatoms. The maximum absolute atomic E-state index is 10.7. The summed E-state index contributed by atoms with van der Waals surface area (Å²) >= 11 is 0. The second-order valence-corrected chi connectivity index (χ2v) is 5.39. The minimum absolute atomic E-state index is 0.659. The summed E-state index contributed by atoms with van der Waals surface area (Å²) < 4.78 is 0. The van der Waals surface area contributed by atoms with Crippen LogP contribution in [0, 0.1) is 27.7 Å². The van der Waals surface area contributed by atoms with Crippen molar-refractivity contribution in [2.75, 3.05) is 11.5 Å². The van der Waals surface area contributed by atoms with Crippen molar-refractivity contribution in [1.29, 1.82) is 0 Å². The lowest BCUT2D eigenvalue weighted by atomic mass is 9.90. The molecule has 0 amide bonds. The maximum atomic E-state index is 10.7. The van der Waals surface area contributed by atoms with Crippen LogP contribution in [0.3, 0.4) is 0 Å². The smallest absolute Gasteiger partial charge is 0.105 e. The van der Waals surface area contributed by atoms with Crippen molar-refractivity contribution in [3.05, 3.63) is 57.6 Å². The van der Waals surface area contributed by atoms with E-state index in [4.69, 9.17) is 11.5 Å². The van der Waals surface area contributed by atoms with Gasteiger partial charge in [-0.15, -0.1) is 0 Å². The van der Waals surface area contributed by atoms with Crippen LogP contribution in [0.4, 0.5) is 11.4 Å². The third-order valence-corrected chi connectivity index (χ3v) is 4.33. The first-order valence-electron chi connectivity index (χ1n) is 6.73. The molecule has 106 valence electrons. The summed E-state index contributed by atoms with van der Waals surface area (Å²) in [4.78, 5) is 0. The van der Waals surface area contributed by atoms with E-state index >= 15 is 0 Å². The molecule has 0 unspecified atom stereocenters. The summed E-state index contributed by atoms with van der Waals surface area (Å²) in [5, 5.41) is 10.7. The summed E-state index contributed by atoms with van der Waals surface area (Å²) in [5.74, 6) is 0. The Morgan fingerprint density at radius 3 is 1.40 bits per heavy atom. The number of hydrogen-bond acceptors (Lipinski definition) is 3. The first-order valence-corrected chi connectivity index (χ1v) is 6.73. The standard InChI is InChI=1S/C17H22N2O/c1-9-11(3)15(18)7-5-13(9)17(20)14-6-8-16(19)12(4)10(14)2/h5-8,17,20H,18-19H2,1-4H3. The molecule has 0 heterocycles. The molecular weight excluding hydrogens is 248 g/mol. The Kier molecular flexibility index (Phi) is 3.73. The third kappa shape index (κ3) is 2.25. The van der Waals surface area contributed by atoms with E-state index in [1.807, 2.05) is 52.0 Å². The summed E-state index contributed by atoms with van der Waals surface area (Å²) in [7, 11) is 0. The molecule has 0 fully saturated rings. The zero-order chi connectivity index (χ0) is 15.0. The molecule has 3 nitrogen and oxygen atoms in total. The summed E-state index contributed by atoms with van der Waals surface area (Å²) in [6.45, 7) is 7.93. The second kappa shape index (κ2) is 5.17. The Balaban J connectivity index is 2.55. The summed E-state index contributed by atoms with van der Waals surface area (Å²) in [6, 6.07) is 7.49. The van der Waals surface area contributed by atoms with Gasteiger partial charge in [0.25, 0.3) is 0 Å². The average molecular weight is 270 g/mol. The van der Waals surface area contributed by atoms with Crippen molar-refractivity contribution < 1.29 is 5.11 Å². The van der Waals surface area contributed by atoms with Crippen LogP contribution in [0.1, 0.15) is 39.5 Å². The van der Waals surface area contributed by atoms with Gasteiger partial charge < -0.3 is 16.6 Å². The minimum atomic E-state index is -0.659. The van der Waals surface area contributed by atoms with E-state index in [0.717, 1.165) is 44.8 Å². The molecule has 0 aromatic heterocycles. The van der Waals surface area contributed by atoms with Crippen molar-refractivity contribution >= 4 is 11.4 Å². The highest BCUT2D eigenvalue weighted by atomic mass is 16.3. The van der Waals surface area contributed by atoms with Gasteiger partial charge in [0.15, 0.2) is 0 Å². The molecule has 0 aliphatic carbocycles. The van der Waals surface area contributed by atoms with Gasteiger partial charge in [-0.2, -0.15) is 0 Å². The quantitative estimate of drug-likeness (QED) is 0.734. The lowest BCUT2D eigenvalue weighted by Crippen LogP contribution is -2.08. The molecule has 2 rings (SSSR count). The van der Waals surface area contributed by atoms with Crippen molar-refractivity contribution in [1.82, 2.24) is 0 Å². The molecule has 0 atom stereocenters. The molecule has 5 N–H and O–H groups in total. The normalized spacial score (nSPS) is 11.1.